The van der Waals surface area contributed by atoms with E-state index in [1.54, 1.807) is 0 Å². The SMILES string of the molecule is Cc1ccc(CN2CC[C@@H]3CN(C4CCOCC4)CCO[C@@H]3C2)cc1. The Kier molecular flexibility index (Phi) is 5.71. The van der Waals surface area contributed by atoms with E-state index >= 15 is 0 Å². The molecule has 0 aliphatic carbocycles. The van der Waals surface area contributed by atoms with Crippen LogP contribution in [0.2, 0.25) is 0 Å². The number of rotatable bonds is 3. The third kappa shape index (κ3) is 4.43. The second kappa shape index (κ2) is 8.17. The van der Waals surface area contributed by atoms with Gasteiger partial charge in [-0.2, -0.15) is 0 Å². The highest BCUT2D eigenvalue weighted by Gasteiger charge is 2.35. The van der Waals surface area contributed by atoms with Crippen LogP contribution in [0.4, 0.5) is 0 Å². The molecule has 0 radical (unpaired) electrons. The molecule has 4 heteroatoms. The van der Waals surface area contributed by atoms with E-state index in [9.17, 15) is 0 Å². The molecule has 3 fully saturated rings. The van der Waals surface area contributed by atoms with Gasteiger partial charge in [-0.3, -0.25) is 9.80 Å². The number of ether oxygens (including phenoxy) is 2. The molecule has 0 aromatic heterocycles. The lowest BCUT2D eigenvalue weighted by Gasteiger charge is -2.39. The minimum Gasteiger partial charge on any atom is -0.381 e. The molecule has 25 heavy (non-hydrogen) atoms. The van der Waals surface area contributed by atoms with E-state index in [4.69, 9.17) is 9.47 Å². The lowest BCUT2D eigenvalue weighted by atomic mass is 9.92. The Morgan fingerprint density at radius 3 is 2.56 bits per heavy atom. The summed E-state index contributed by atoms with van der Waals surface area (Å²) in [5, 5.41) is 0. The molecule has 4 nitrogen and oxygen atoms in total. The van der Waals surface area contributed by atoms with Gasteiger partial charge in [0.05, 0.1) is 12.7 Å². The van der Waals surface area contributed by atoms with Gasteiger partial charge in [0.15, 0.2) is 0 Å². The van der Waals surface area contributed by atoms with Gasteiger partial charge in [0, 0.05) is 51.4 Å². The summed E-state index contributed by atoms with van der Waals surface area (Å²) in [7, 11) is 0. The van der Waals surface area contributed by atoms with Crippen LogP contribution >= 0.6 is 0 Å². The minimum absolute atomic E-state index is 0.407. The second-order valence-electron chi connectivity index (χ2n) is 8.02. The summed E-state index contributed by atoms with van der Waals surface area (Å²) in [5.74, 6) is 0.694. The number of likely N-dealkylation sites (tertiary alicyclic amines) is 1. The molecular weight excluding hydrogens is 312 g/mol. The van der Waals surface area contributed by atoms with Crippen molar-refractivity contribution in [1.29, 1.82) is 0 Å². The third-order valence-corrected chi connectivity index (χ3v) is 6.19. The third-order valence-electron chi connectivity index (χ3n) is 6.19. The quantitative estimate of drug-likeness (QED) is 0.842. The first-order valence-electron chi connectivity index (χ1n) is 9.99. The number of nitrogens with zero attached hydrogens (tertiary/aromatic N) is 2. The van der Waals surface area contributed by atoms with E-state index < -0.39 is 0 Å². The molecular formula is C21H32N2O2. The van der Waals surface area contributed by atoms with Gasteiger partial charge in [0.25, 0.3) is 0 Å². The molecule has 3 heterocycles. The van der Waals surface area contributed by atoms with Crippen LogP contribution in [0.1, 0.15) is 30.4 Å². The van der Waals surface area contributed by atoms with E-state index in [1.165, 1.54) is 43.5 Å². The fraction of sp³-hybridized carbons (Fsp3) is 0.714. The van der Waals surface area contributed by atoms with Crippen molar-refractivity contribution in [1.82, 2.24) is 9.80 Å². The zero-order valence-electron chi connectivity index (χ0n) is 15.5. The summed E-state index contributed by atoms with van der Waals surface area (Å²) in [6, 6.07) is 9.68. The van der Waals surface area contributed by atoms with Crippen LogP contribution in [0, 0.1) is 12.8 Å². The monoisotopic (exact) mass is 344 g/mol. The van der Waals surface area contributed by atoms with Crippen LogP contribution in [-0.2, 0) is 16.0 Å². The highest BCUT2D eigenvalue weighted by atomic mass is 16.5. The number of hydrogen-bond acceptors (Lipinski definition) is 4. The van der Waals surface area contributed by atoms with Gasteiger partial charge in [0.1, 0.15) is 0 Å². The van der Waals surface area contributed by atoms with Gasteiger partial charge < -0.3 is 9.47 Å². The molecule has 0 bridgehead atoms. The molecule has 0 saturated carbocycles. The summed E-state index contributed by atoms with van der Waals surface area (Å²) in [5.41, 5.74) is 2.75. The van der Waals surface area contributed by atoms with Crippen molar-refractivity contribution in [3.8, 4) is 0 Å². The lowest BCUT2D eigenvalue weighted by Crippen LogP contribution is -2.48. The molecule has 2 atom stereocenters. The zero-order chi connectivity index (χ0) is 17.1. The average Bonchev–Trinajstić information content (AvgIpc) is 2.86. The van der Waals surface area contributed by atoms with Crippen molar-refractivity contribution in [2.75, 3.05) is 46.0 Å². The standard InChI is InChI=1S/C21H32N2O2/c1-17-2-4-18(5-3-17)14-22-9-6-19-15-23(10-13-25-21(19)16-22)20-7-11-24-12-8-20/h2-5,19-21H,6-16H2,1H3/t19-,21-/m1/s1. The van der Waals surface area contributed by atoms with E-state index in [-0.39, 0.29) is 0 Å². The first-order valence-corrected chi connectivity index (χ1v) is 9.99. The Morgan fingerprint density at radius 2 is 1.76 bits per heavy atom. The molecule has 0 unspecified atom stereocenters. The van der Waals surface area contributed by atoms with E-state index in [1.807, 2.05) is 0 Å². The van der Waals surface area contributed by atoms with Crippen molar-refractivity contribution in [3.05, 3.63) is 35.4 Å². The number of aryl methyl sites for hydroxylation is 1. The van der Waals surface area contributed by atoms with E-state index in [0.29, 0.717) is 18.1 Å². The zero-order valence-corrected chi connectivity index (χ0v) is 15.5. The Labute approximate surface area is 152 Å². The summed E-state index contributed by atoms with van der Waals surface area (Å²) in [4.78, 5) is 5.28. The fourth-order valence-corrected chi connectivity index (χ4v) is 4.62. The van der Waals surface area contributed by atoms with Crippen LogP contribution in [-0.4, -0.2) is 67.9 Å². The maximum absolute atomic E-state index is 6.30. The van der Waals surface area contributed by atoms with Gasteiger partial charge in [0.2, 0.25) is 0 Å². The molecule has 3 aliphatic heterocycles. The fourth-order valence-electron chi connectivity index (χ4n) is 4.62. The Balaban J connectivity index is 1.33. The first kappa shape index (κ1) is 17.5. The first-order chi connectivity index (χ1) is 12.3. The molecule has 0 N–H and O–H groups in total. The summed E-state index contributed by atoms with van der Waals surface area (Å²) >= 11 is 0. The van der Waals surface area contributed by atoms with Crippen molar-refractivity contribution in [2.24, 2.45) is 5.92 Å². The molecule has 3 saturated heterocycles. The van der Waals surface area contributed by atoms with Crippen LogP contribution in [0.5, 0.6) is 0 Å². The summed E-state index contributed by atoms with van der Waals surface area (Å²) < 4.78 is 11.8. The molecule has 0 amide bonds. The van der Waals surface area contributed by atoms with Gasteiger partial charge in [-0.15, -0.1) is 0 Å². The smallest absolute Gasteiger partial charge is 0.0743 e. The van der Waals surface area contributed by atoms with Gasteiger partial charge in [-0.1, -0.05) is 29.8 Å². The van der Waals surface area contributed by atoms with E-state index in [2.05, 4.69) is 41.0 Å². The normalized spacial score (nSPS) is 30.0. The molecule has 1 aromatic rings. The molecule has 4 rings (SSSR count). The largest absolute Gasteiger partial charge is 0.381 e. The Bertz CT molecular complexity index is 541. The van der Waals surface area contributed by atoms with Crippen LogP contribution in [0.25, 0.3) is 0 Å². The number of fused-ring (bicyclic) bond motifs is 1. The maximum Gasteiger partial charge on any atom is 0.0743 e. The Morgan fingerprint density at radius 1 is 0.960 bits per heavy atom. The van der Waals surface area contributed by atoms with Gasteiger partial charge >= 0.3 is 0 Å². The van der Waals surface area contributed by atoms with Crippen LogP contribution in [0.3, 0.4) is 0 Å². The van der Waals surface area contributed by atoms with Crippen molar-refractivity contribution < 1.29 is 9.47 Å². The maximum atomic E-state index is 6.30. The summed E-state index contributed by atoms with van der Waals surface area (Å²) in [6.45, 7) is 10.5. The minimum atomic E-state index is 0.407. The molecule has 1 aromatic carbocycles. The van der Waals surface area contributed by atoms with E-state index in [0.717, 1.165) is 39.5 Å². The second-order valence-corrected chi connectivity index (χ2v) is 8.02. The highest BCUT2D eigenvalue weighted by molar-refractivity contribution is 5.21. The predicted molar refractivity (Wildman–Crippen MR) is 99.7 cm³/mol. The van der Waals surface area contributed by atoms with Gasteiger partial charge in [-0.25, -0.2) is 0 Å². The molecule has 3 aliphatic rings. The summed E-state index contributed by atoms with van der Waals surface area (Å²) in [6.07, 6.45) is 4.05. The number of benzene rings is 1. The highest BCUT2D eigenvalue weighted by Crippen LogP contribution is 2.27. The average molecular weight is 344 g/mol. The Hall–Kier alpha value is -0.940. The van der Waals surface area contributed by atoms with Crippen molar-refractivity contribution in [2.45, 2.75) is 44.9 Å². The van der Waals surface area contributed by atoms with Crippen LogP contribution < -0.4 is 0 Å². The number of hydrogen-bond donors (Lipinski definition) is 0. The van der Waals surface area contributed by atoms with Crippen LogP contribution in [0.15, 0.2) is 24.3 Å². The lowest BCUT2D eigenvalue weighted by molar-refractivity contribution is -0.0245. The molecule has 138 valence electrons. The van der Waals surface area contributed by atoms with Gasteiger partial charge in [-0.05, 0) is 38.3 Å². The predicted octanol–water partition coefficient (Wildman–Crippen LogP) is 2.70. The topological polar surface area (TPSA) is 24.9 Å². The van der Waals surface area contributed by atoms with Crippen molar-refractivity contribution in [3.63, 3.8) is 0 Å². The molecule has 0 spiro atoms. The number of piperidine rings is 1. The van der Waals surface area contributed by atoms with Crippen molar-refractivity contribution >= 4 is 0 Å².